The van der Waals surface area contributed by atoms with E-state index in [1.54, 1.807) is 12.1 Å². The van der Waals surface area contributed by atoms with Gasteiger partial charge in [0.25, 0.3) is 5.89 Å². The summed E-state index contributed by atoms with van der Waals surface area (Å²) in [5.41, 5.74) is 1.40. The van der Waals surface area contributed by atoms with E-state index in [-0.39, 0.29) is 12.4 Å². The minimum atomic E-state index is -0.330. The van der Waals surface area contributed by atoms with Crippen LogP contribution in [0, 0.1) is 5.82 Å². The molecule has 0 saturated carbocycles. The average molecular weight is 376 g/mol. The molecule has 0 radical (unpaired) electrons. The van der Waals surface area contributed by atoms with Crippen molar-refractivity contribution in [1.82, 2.24) is 10.2 Å². The summed E-state index contributed by atoms with van der Waals surface area (Å²) in [5.74, 6) is 0.362. The summed E-state index contributed by atoms with van der Waals surface area (Å²) in [6.45, 7) is 0.0310. The van der Waals surface area contributed by atoms with Crippen LogP contribution in [0.25, 0.3) is 11.5 Å². The third kappa shape index (κ3) is 4.01. The Balaban J connectivity index is 1.61. The molecule has 23 heavy (non-hydrogen) atoms. The van der Waals surface area contributed by atoms with Gasteiger partial charge < -0.3 is 9.25 Å². The van der Waals surface area contributed by atoms with E-state index < -0.39 is 0 Å². The molecule has 0 aliphatic rings. The van der Waals surface area contributed by atoms with Crippen molar-refractivity contribution in [3.63, 3.8) is 0 Å². The number of benzene rings is 2. The third-order valence-electron chi connectivity index (χ3n) is 2.88. The van der Waals surface area contributed by atoms with Gasteiger partial charge in [-0.05, 0) is 45.8 Å². The van der Waals surface area contributed by atoms with Gasteiger partial charge in [0.05, 0.1) is 11.8 Å². The van der Waals surface area contributed by atoms with E-state index in [2.05, 4.69) is 31.3 Å². The molecule has 3 rings (SSSR count). The van der Waals surface area contributed by atoms with Gasteiger partial charge >= 0.3 is 0 Å². The summed E-state index contributed by atoms with van der Waals surface area (Å²) in [4.78, 5) is 5.08. The van der Waals surface area contributed by atoms with Crippen LogP contribution in [0.15, 0.2) is 62.6 Å². The lowest BCUT2D eigenvalue weighted by atomic mass is 10.2. The summed E-state index contributed by atoms with van der Waals surface area (Å²) in [7, 11) is 0. The van der Waals surface area contributed by atoms with Crippen molar-refractivity contribution in [1.29, 1.82) is 0 Å². The first-order valence-electron chi connectivity index (χ1n) is 6.70. The van der Waals surface area contributed by atoms with Gasteiger partial charge in [-0.3, -0.25) is 0 Å². The highest BCUT2D eigenvalue weighted by atomic mass is 79.9. The Bertz CT molecular complexity index is 835. The number of oxime groups is 1. The predicted molar refractivity (Wildman–Crippen MR) is 86.2 cm³/mol. The highest BCUT2D eigenvalue weighted by Crippen LogP contribution is 2.26. The lowest BCUT2D eigenvalue weighted by molar-refractivity contribution is 0.112. The molecular formula is C16H11BrFN3O2. The molecular weight excluding hydrogens is 365 g/mol. The van der Waals surface area contributed by atoms with Gasteiger partial charge in [0.15, 0.2) is 6.61 Å². The van der Waals surface area contributed by atoms with Gasteiger partial charge in [-0.2, -0.15) is 0 Å². The van der Waals surface area contributed by atoms with Crippen LogP contribution in [0.1, 0.15) is 11.5 Å². The number of halogens is 2. The van der Waals surface area contributed by atoms with Crippen LogP contribution < -0.4 is 0 Å². The Labute approximate surface area is 139 Å². The molecule has 0 saturated heterocycles. The van der Waals surface area contributed by atoms with Crippen molar-refractivity contribution < 1.29 is 13.6 Å². The maximum absolute atomic E-state index is 13.0. The minimum absolute atomic E-state index is 0.0310. The van der Waals surface area contributed by atoms with Crippen molar-refractivity contribution in [2.75, 3.05) is 0 Å². The van der Waals surface area contributed by atoms with Crippen molar-refractivity contribution in [3.05, 3.63) is 70.3 Å². The molecule has 0 bridgehead atoms. The van der Waals surface area contributed by atoms with E-state index >= 15 is 0 Å². The molecule has 3 aromatic rings. The Morgan fingerprint density at radius 2 is 2.04 bits per heavy atom. The molecule has 0 aliphatic carbocycles. The van der Waals surface area contributed by atoms with Gasteiger partial charge in [-0.1, -0.05) is 29.4 Å². The van der Waals surface area contributed by atoms with Crippen LogP contribution in [-0.4, -0.2) is 16.4 Å². The van der Waals surface area contributed by atoms with E-state index in [0.29, 0.717) is 17.3 Å². The zero-order valence-electron chi connectivity index (χ0n) is 11.8. The Morgan fingerprint density at radius 3 is 2.87 bits per heavy atom. The van der Waals surface area contributed by atoms with Crippen LogP contribution in [0.2, 0.25) is 0 Å². The number of nitrogens with zero attached hydrogens (tertiary/aromatic N) is 3. The maximum atomic E-state index is 13.0. The Kier molecular flexibility index (Phi) is 4.77. The van der Waals surface area contributed by atoms with E-state index in [4.69, 9.17) is 9.25 Å². The molecule has 7 heteroatoms. The first-order valence-corrected chi connectivity index (χ1v) is 7.50. The molecule has 1 heterocycles. The summed E-state index contributed by atoms with van der Waals surface area (Å²) < 4.78 is 19.4. The fourth-order valence-corrected chi connectivity index (χ4v) is 2.29. The average Bonchev–Trinajstić information content (AvgIpc) is 3.01. The lowest BCUT2D eigenvalue weighted by Crippen LogP contribution is -1.89. The standard InChI is InChI=1S/C16H11BrFN3O2/c17-14-7-2-1-6-13(14)16-21-20-15(23-16)10-22-19-9-11-4-3-5-12(18)8-11/h1-9H,10H2/b19-9-. The minimum Gasteiger partial charge on any atom is -0.417 e. The second-order valence-electron chi connectivity index (χ2n) is 4.54. The number of aromatic nitrogens is 2. The van der Waals surface area contributed by atoms with E-state index in [9.17, 15) is 4.39 Å². The van der Waals surface area contributed by atoms with Crippen LogP contribution >= 0.6 is 15.9 Å². The topological polar surface area (TPSA) is 60.5 Å². The first-order chi connectivity index (χ1) is 11.2. The van der Waals surface area contributed by atoms with Crippen molar-refractivity contribution in [2.24, 2.45) is 5.16 Å². The second-order valence-corrected chi connectivity index (χ2v) is 5.40. The van der Waals surface area contributed by atoms with Crippen LogP contribution in [0.4, 0.5) is 4.39 Å². The molecule has 0 aliphatic heterocycles. The summed E-state index contributed by atoms with van der Waals surface area (Å²) in [6, 6.07) is 13.6. The van der Waals surface area contributed by atoms with Gasteiger partial charge in [0.2, 0.25) is 5.89 Å². The van der Waals surface area contributed by atoms with Gasteiger partial charge in [-0.25, -0.2) is 4.39 Å². The van der Waals surface area contributed by atoms with Gasteiger partial charge in [0.1, 0.15) is 5.82 Å². The largest absolute Gasteiger partial charge is 0.417 e. The van der Waals surface area contributed by atoms with Crippen molar-refractivity contribution in [2.45, 2.75) is 6.61 Å². The highest BCUT2D eigenvalue weighted by Gasteiger charge is 2.11. The molecule has 0 N–H and O–H groups in total. The second kappa shape index (κ2) is 7.15. The van der Waals surface area contributed by atoms with Crippen LogP contribution in [0.3, 0.4) is 0 Å². The molecule has 5 nitrogen and oxygen atoms in total. The number of rotatable bonds is 5. The molecule has 116 valence electrons. The first kappa shape index (κ1) is 15.4. The van der Waals surface area contributed by atoms with Gasteiger partial charge in [0, 0.05) is 4.47 Å². The molecule has 0 fully saturated rings. The SMILES string of the molecule is Fc1cccc(/C=N\OCc2nnc(-c3ccccc3Br)o2)c1. The zero-order valence-corrected chi connectivity index (χ0v) is 13.4. The normalized spacial score (nSPS) is 11.0. The fraction of sp³-hybridized carbons (Fsp3) is 0.0625. The summed E-state index contributed by atoms with van der Waals surface area (Å²) in [5, 5.41) is 11.6. The number of hydrogen-bond acceptors (Lipinski definition) is 5. The highest BCUT2D eigenvalue weighted by molar-refractivity contribution is 9.10. The molecule has 1 aromatic heterocycles. The van der Waals surface area contributed by atoms with E-state index in [0.717, 1.165) is 10.0 Å². The molecule has 2 aromatic carbocycles. The van der Waals surface area contributed by atoms with Gasteiger partial charge in [-0.15, -0.1) is 10.2 Å². The zero-order chi connectivity index (χ0) is 16.1. The monoisotopic (exact) mass is 375 g/mol. The number of hydrogen-bond donors (Lipinski definition) is 0. The fourth-order valence-electron chi connectivity index (χ4n) is 1.83. The van der Waals surface area contributed by atoms with Crippen LogP contribution in [-0.2, 0) is 11.4 Å². The predicted octanol–water partition coefficient (Wildman–Crippen LogP) is 4.19. The third-order valence-corrected chi connectivity index (χ3v) is 3.58. The molecule has 0 atom stereocenters. The smallest absolute Gasteiger partial charge is 0.257 e. The van der Waals surface area contributed by atoms with Crippen molar-refractivity contribution in [3.8, 4) is 11.5 Å². The molecule has 0 unspecified atom stereocenters. The summed E-state index contributed by atoms with van der Waals surface area (Å²) in [6.07, 6.45) is 1.41. The lowest BCUT2D eigenvalue weighted by Gasteiger charge is -1.97. The molecule has 0 spiro atoms. The summed E-state index contributed by atoms with van der Waals surface area (Å²) >= 11 is 3.42. The maximum Gasteiger partial charge on any atom is 0.257 e. The van der Waals surface area contributed by atoms with Crippen molar-refractivity contribution >= 4 is 22.1 Å². The Morgan fingerprint density at radius 1 is 1.17 bits per heavy atom. The molecule has 0 amide bonds. The van der Waals surface area contributed by atoms with Crippen LogP contribution in [0.5, 0.6) is 0 Å². The van der Waals surface area contributed by atoms with E-state index in [1.807, 2.05) is 24.3 Å². The van der Waals surface area contributed by atoms with E-state index in [1.165, 1.54) is 18.3 Å². The quantitative estimate of drug-likeness (QED) is 0.495. The Hall–Kier alpha value is -2.54.